The molecule has 1 aromatic heterocycles. The third kappa shape index (κ3) is 1.08. The Hall–Kier alpha value is -0.940. The van der Waals surface area contributed by atoms with Crippen molar-refractivity contribution in [1.82, 2.24) is 20.1 Å². The van der Waals surface area contributed by atoms with E-state index in [1.165, 1.54) is 0 Å². The summed E-state index contributed by atoms with van der Waals surface area (Å²) in [6.07, 6.45) is 0. The number of fused-ring (bicyclic) bond motifs is 1. The normalized spacial score (nSPS) is 22.5. The summed E-state index contributed by atoms with van der Waals surface area (Å²) in [5.74, 6) is 2.66. The van der Waals surface area contributed by atoms with Crippen LogP contribution in [0.2, 0.25) is 0 Å². The van der Waals surface area contributed by atoms with Gasteiger partial charge in [0.15, 0.2) is 0 Å². The molecule has 0 aliphatic carbocycles. The van der Waals surface area contributed by atoms with Crippen molar-refractivity contribution < 1.29 is 4.74 Å². The third-order valence-electron chi connectivity index (χ3n) is 2.65. The van der Waals surface area contributed by atoms with Crippen LogP contribution in [-0.2, 0) is 17.8 Å². The highest BCUT2D eigenvalue weighted by atomic mass is 16.5. The van der Waals surface area contributed by atoms with Gasteiger partial charge in [0.1, 0.15) is 11.6 Å². The molecule has 5 heteroatoms. The van der Waals surface area contributed by atoms with Gasteiger partial charge in [-0.05, 0) is 0 Å². The van der Waals surface area contributed by atoms with Gasteiger partial charge in [-0.2, -0.15) is 0 Å². The van der Waals surface area contributed by atoms with Gasteiger partial charge in [-0.3, -0.25) is 0 Å². The van der Waals surface area contributed by atoms with Gasteiger partial charge >= 0.3 is 0 Å². The van der Waals surface area contributed by atoms with Crippen LogP contribution in [0.5, 0.6) is 0 Å². The van der Waals surface area contributed by atoms with Crippen molar-refractivity contribution in [2.45, 2.75) is 19.0 Å². The van der Waals surface area contributed by atoms with Crippen LogP contribution in [0.25, 0.3) is 0 Å². The fourth-order valence-electron chi connectivity index (χ4n) is 1.80. The fourth-order valence-corrected chi connectivity index (χ4v) is 1.80. The first kappa shape index (κ1) is 7.46. The lowest BCUT2D eigenvalue weighted by atomic mass is 10.1. The van der Waals surface area contributed by atoms with E-state index in [4.69, 9.17) is 4.74 Å². The second-order valence-electron chi connectivity index (χ2n) is 3.54. The molecule has 1 fully saturated rings. The van der Waals surface area contributed by atoms with Crippen molar-refractivity contribution in [2.75, 3.05) is 19.8 Å². The maximum atomic E-state index is 5.15. The molecule has 70 valence electrons. The molecule has 5 nitrogen and oxygen atoms in total. The molecule has 0 spiro atoms. The average molecular weight is 180 g/mol. The van der Waals surface area contributed by atoms with Crippen LogP contribution in [-0.4, -0.2) is 34.5 Å². The van der Waals surface area contributed by atoms with Gasteiger partial charge in [0.25, 0.3) is 0 Å². The molecule has 13 heavy (non-hydrogen) atoms. The van der Waals surface area contributed by atoms with Gasteiger partial charge in [-0.25, -0.2) is 0 Å². The lowest BCUT2D eigenvalue weighted by molar-refractivity contribution is 0.00313. The number of rotatable bonds is 1. The van der Waals surface area contributed by atoms with Crippen LogP contribution in [0, 0.1) is 0 Å². The Morgan fingerprint density at radius 3 is 3.08 bits per heavy atom. The minimum Gasteiger partial charge on any atom is -0.380 e. The van der Waals surface area contributed by atoms with Crippen LogP contribution in [0.15, 0.2) is 0 Å². The number of ether oxygens (including phenoxy) is 1. The fraction of sp³-hybridized carbons (Fsp3) is 0.750. The summed E-state index contributed by atoms with van der Waals surface area (Å²) in [4.78, 5) is 0. The zero-order valence-corrected chi connectivity index (χ0v) is 7.36. The lowest BCUT2D eigenvalue weighted by Gasteiger charge is -2.26. The third-order valence-corrected chi connectivity index (χ3v) is 2.65. The predicted octanol–water partition coefficient (Wildman–Crippen LogP) is -0.505. The van der Waals surface area contributed by atoms with Crippen LogP contribution < -0.4 is 5.32 Å². The van der Waals surface area contributed by atoms with E-state index >= 15 is 0 Å². The second-order valence-corrected chi connectivity index (χ2v) is 3.54. The van der Waals surface area contributed by atoms with E-state index in [2.05, 4.69) is 20.1 Å². The number of nitrogens with one attached hydrogen (secondary N) is 1. The van der Waals surface area contributed by atoms with Crippen molar-refractivity contribution in [3.63, 3.8) is 0 Å². The van der Waals surface area contributed by atoms with Crippen LogP contribution >= 0.6 is 0 Å². The maximum Gasteiger partial charge on any atom is 0.147 e. The molecular weight excluding hydrogens is 168 g/mol. The van der Waals surface area contributed by atoms with Crippen LogP contribution in [0.4, 0.5) is 0 Å². The van der Waals surface area contributed by atoms with Crippen molar-refractivity contribution in [3.8, 4) is 0 Å². The molecule has 0 radical (unpaired) electrons. The van der Waals surface area contributed by atoms with Crippen molar-refractivity contribution >= 4 is 0 Å². The highest BCUT2D eigenvalue weighted by Gasteiger charge is 2.28. The molecule has 0 saturated carbocycles. The molecule has 0 amide bonds. The molecule has 1 N–H and O–H groups in total. The van der Waals surface area contributed by atoms with Crippen molar-refractivity contribution in [1.29, 1.82) is 0 Å². The van der Waals surface area contributed by atoms with E-state index < -0.39 is 0 Å². The number of aromatic nitrogens is 3. The summed E-state index contributed by atoms with van der Waals surface area (Å²) in [5.41, 5.74) is 0. The standard InChI is InChI=1S/C8H12N4O/c1-2-12-7(3-9-1)10-11-8(12)6-4-13-5-6/h6,9H,1-5H2. The van der Waals surface area contributed by atoms with Gasteiger partial charge in [0.05, 0.1) is 25.7 Å². The van der Waals surface area contributed by atoms with E-state index in [0.29, 0.717) is 5.92 Å². The zero-order valence-electron chi connectivity index (χ0n) is 7.36. The topological polar surface area (TPSA) is 52.0 Å². The van der Waals surface area contributed by atoms with Crippen LogP contribution in [0.3, 0.4) is 0 Å². The molecule has 1 saturated heterocycles. The highest BCUT2D eigenvalue weighted by Crippen LogP contribution is 2.23. The number of hydrogen-bond acceptors (Lipinski definition) is 4. The summed E-state index contributed by atoms with van der Waals surface area (Å²) in [6.45, 7) is 4.48. The molecule has 0 unspecified atom stereocenters. The smallest absolute Gasteiger partial charge is 0.147 e. The Bertz CT molecular complexity index is 318. The minimum atomic E-state index is 0.486. The minimum absolute atomic E-state index is 0.486. The van der Waals surface area contributed by atoms with E-state index in [1.807, 2.05) is 0 Å². The molecule has 3 rings (SSSR count). The first-order valence-corrected chi connectivity index (χ1v) is 4.65. The van der Waals surface area contributed by atoms with Gasteiger partial charge in [0.2, 0.25) is 0 Å². The summed E-state index contributed by atoms with van der Waals surface area (Å²) < 4.78 is 7.38. The Balaban J connectivity index is 1.95. The molecule has 2 aliphatic rings. The molecule has 0 aromatic carbocycles. The summed E-state index contributed by atoms with van der Waals surface area (Å²) in [7, 11) is 0. The van der Waals surface area contributed by atoms with Gasteiger partial charge in [-0.1, -0.05) is 0 Å². The van der Waals surface area contributed by atoms with Gasteiger partial charge < -0.3 is 14.6 Å². The van der Waals surface area contributed by atoms with E-state index in [-0.39, 0.29) is 0 Å². The Morgan fingerprint density at radius 1 is 1.38 bits per heavy atom. The van der Waals surface area contributed by atoms with Crippen LogP contribution in [0.1, 0.15) is 17.6 Å². The monoisotopic (exact) mass is 180 g/mol. The molecule has 1 aromatic rings. The number of hydrogen-bond donors (Lipinski definition) is 1. The predicted molar refractivity (Wildman–Crippen MR) is 45.3 cm³/mol. The SMILES string of the molecule is C1Cn2c(nnc2C2COC2)CN1. The molecular formula is C8H12N4O. The molecule has 0 bridgehead atoms. The van der Waals surface area contributed by atoms with E-state index in [0.717, 1.165) is 44.5 Å². The van der Waals surface area contributed by atoms with Crippen molar-refractivity contribution in [3.05, 3.63) is 11.6 Å². The van der Waals surface area contributed by atoms with Gasteiger partial charge in [0, 0.05) is 13.1 Å². The highest BCUT2D eigenvalue weighted by molar-refractivity contribution is 5.06. The first-order valence-electron chi connectivity index (χ1n) is 4.65. The largest absolute Gasteiger partial charge is 0.380 e. The molecule has 2 aliphatic heterocycles. The number of nitrogens with zero attached hydrogens (tertiary/aromatic N) is 3. The van der Waals surface area contributed by atoms with Gasteiger partial charge in [-0.15, -0.1) is 10.2 Å². The first-order chi connectivity index (χ1) is 6.45. The maximum absolute atomic E-state index is 5.15. The van der Waals surface area contributed by atoms with Crippen molar-refractivity contribution in [2.24, 2.45) is 0 Å². The summed E-state index contributed by atoms with van der Waals surface area (Å²) in [6, 6.07) is 0. The lowest BCUT2D eigenvalue weighted by Crippen LogP contribution is -2.33. The quantitative estimate of drug-likeness (QED) is 0.632. The van der Waals surface area contributed by atoms with E-state index in [1.54, 1.807) is 0 Å². The Morgan fingerprint density at radius 2 is 2.31 bits per heavy atom. The zero-order chi connectivity index (χ0) is 8.67. The second kappa shape index (κ2) is 2.78. The average Bonchev–Trinajstić information content (AvgIpc) is 2.47. The Kier molecular flexibility index (Phi) is 1.60. The summed E-state index contributed by atoms with van der Waals surface area (Å²) in [5, 5.41) is 11.6. The summed E-state index contributed by atoms with van der Waals surface area (Å²) >= 11 is 0. The Labute approximate surface area is 76.1 Å². The molecule has 3 heterocycles. The molecule has 0 atom stereocenters. The van der Waals surface area contributed by atoms with E-state index in [9.17, 15) is 0 Å².